The number of imidazole rings is 2. The maximum atomic E-state index is 14.9. The Hall–Kier alpha value is -14.5. The number of carbonyl (C=O) groups is 19. The number of thioether (sulfide) groups is 1. The fourth-order valence-electron chi connectivity index (χ4n) is 14.6. The molecule has 0 saturated carbocycles. The average molecular weight is 2110 g/mol. The maximum absolute atomic E-state index is 14.9. The molecule has 5 rings (SSSR count). The lowest BCUT2D eigenvalue weighted by Gasteiger charge is -2.28. The number of hydrogen-bond acceptors (Lipinski definition) is 28. The van der Waals surface area contributed by atoms with Crippen LogP contribution in [-0.2, 0) is 117 Å². The van der Waals surface area contributed by atoms with Crippen LogP contribution in [0, 0.1) is 16.7 Å². The Bertz CT molecular complexity index is 5150. The second-order valence-corrected chi connectivity index (χ2v) is 36.2. The number of fused-ring (bicyclic) bond motifs is 1. The molecule has 144 heavy (non-hydrogen) atoms. The molecule has 0 bridgehead atoms. The molecule has 0 fully saturated rings. The number of unbranched alkanes of at least 4 members (excludes halogenated alkanes) is 2. The number of carboxylic acids is 2. The van der Waals surface area contributed by atoms with Crippen molar-refractivity contribution in [1.29, 1.82) is 10.8 Å². The third-order valence-electron chi connectivity index (χ3n) is 22.0. The molecule has 0 aliphatic carbocycles. The number of nitrogens with zero attached hydrogens (tertiary/aromatic N) is 2. The Labute approximate surface area is 841 Å². The van der Waals surface area contributed by atoms with Crippen molar-refractivity contribution in [2.24, 2.45) is 34.6 Å². The van der Waals surface area contributed by atoms with E-state index in [2.05, 4.69) is 137 Å². The van der Waals surface area contributed by atoms with Gasteiger partial charge in [-0.25, -0.2) is 9.97 Å². The number of carboxylic acid groups (broad SMARTS) is 2. The highest BCUT2D eigenvalue weighted by atomic mass is 79.9. The Balaban J connectivity index is 1.32. The largest absolute Gasteiger partial charge is 0.481 e. The second kappa shape index (κ2) is 63.4. The van der Waals surface area contributed by atoms with E-state index in [4.69, 9.17) is 39.5 Å². The van der Waals surface area contributed by atoms with Crippen LogP contribution in [0.5, 0.6) is 0 Å². The van der Waals surface area contributed by atoms with Crippen LogP contribution in [0.4, 0.5) is 0 Å². The summed E-state index contributed by atoms with van der Waals surface area (Å²) in [5.74, 6) is -21.3. The zero-order valence-corrected chi connectivity index (χ0v) is 82.9. The number of carbonyl (C=O) groups excluding carboxylic acids is 17. The van der Waals surface area contributed by atoms with Gasteiger partial charge in [-0.15, -0.1) is 0 Å². The fourth-order valence-corrected chi connectivity index (χ4v) is 15.5. The van der Waals surface area contributed by atoms with Gasteiger partial charge >= 0.3 is 11.9 Å². The maximum Gasteiger partial charge on any atom is 0.305 e. The Morgan fingerprint density at radius 2 is 0.861 bits per heavy atom. The molecule has 3 heterocycles. The number of aliphatic carboxylic acids is 2. The molecule has 17 amide bonds. The van der Waals surface area contributed by atoms with Gasteiger partial charge in [0, 0.05) is 86.1 Å². The molecule has 0 unspecified atom stereocenters. The first-order valence-corrected chi connectivity index (χ1v) is 48.7. The number of guanidine groups is 2. The zero-order chi connectivity index (χ0) is 107. The van der Waals surface area contributed by atoms with E-state index in [-0.39, 0.29) is 127 Å². The molecule has 53 nitrogen and oxygen atoms in total. The lowest BCUT2D eigenvalue weighted by Crippen LogP contribution is -2.60. The number of nitrogens with one attached hydrogen (secondary N) is 23. The van der Waals surface area contributed by atoms with Crippen LogP contribution < -0.4 is 124 Å². The lowest BCUT2D eigenvalue weighted by atomic mass is 10.0. The lowest BCUT2D eigenvalue weighted by molar-refractivity contribution is -0.141. The summed E-state index contributed by atoms with van der Waals surface area (Å²) >= 11 is 4.58. The number of aromatic amines is 3. The third kappa shape index (κ3) is 44.4. The predicted molar refractivity (Wildman–Crippen MR) is 527 cm³/mol. The van der Waals surface area contributed by atoms with Gasteiger partial charge in [0.05, 0.1) is 56.3 Å². The highest BCUT2D eigenvalue weighted by molar-refractivity contribution is 9.10. The molecule has 0 saturated heterocycles. The number of aliphatic hydroxyl groups excluding tert-OH is 2. The van der Waals surface area contributed by atoms with E-state index < -0.39 is 266 Å². The molecule has 55 heteroatoms. The number of nitrogens with two attached hydrogens (primary N) is 5. The van der Waals surface area contributed by atoms with E-state index in [1.807, 2.05) is 0 Å². The van der Waals surface area contributed by atoms with Gasteiger partial charge in [0.25, 0.3) is 0 Å². The highest BCUT2D eigenvalue weighted by Crippen LogP contribution is 2.22. The normalized spacial score (nSPS) is 14.2. The predicted octanol–water partition coefficient (Wildman–Crippen LogP) is -7.53. The molecular formula is C89H135BrN30O23S. The Kier molecular flexibility index (Phi) is 52.9. The molecule has 792 valence electrons. The number of hydrogen-bond donors (Lipinski definition) is 32. The van der Waals surface area contributed by atoms with Crippen LogP contribution in [0.1, 0.15) is 147 Å². The SMILES string of the molecule is CSCC[C@H](NC(=O)[C@@H](Cc1c[nH]c2ccccc12)NC(=O)[C@H](CCC(=O)O)NC(=O)[C@H](CC(C)C)NC(=O)CNC(=O)[C@H](Cc1c[nH]cn1)NC(=O)[C@H](CO)NC(=O)CNC(=O)[C@H](CCCCN)NC(=O)[C@H](CCCNC(=N)N)NC(=O)[C@H](CCCNC(=N)N)NC(=O)[C@H](Cc1c[nH]cn1)NC(=O)[C@H](CCCCN)NC(=O)[C@@H](NC(C)=O)[C@@H](C)O)C(=O)N[C@@H](CC(=O)O)C(=O)N[C@@H](Cc1cccc(Br)c1)C(N)=O. The van der Waals surface area contributed by atoms with Crippen molar-refractivity contribution in [2.45, 2.75) is 240 Å². The minimum absolute atomic E-state index is 0.0176. The van der Waals surface area contributed by atoms with Crippen molar-refractivity contribution < 1.29 is 112 Å². The van der Waals surface area contributed by atoms with E-state index in [0.29, 0.717) is 39.3 Å². The molecule has 5 aromatic rings. The second-order valence-electron chi connectivity index (χ2n) is 34.3. The molecule has 0 aliphatic heterocycles. The number of aromatic nitrogens is 5. The summed E-state index contributed by atoms with van der Waals surface area (Å²) in [5.41, 5.74) is 30.3. The molecule has 37 N–H and O–H groups in total. The van der Waals surface area contributed by atoms with Crippen LogP contribution in [0.15, 0.2) is 84.2 Å². The summed E-state index contributed by atoms with van der Waals surface area (Å²) < 4.78 is 0.638. The Morgan fingerprint density at radius 1 is 0.444 bits per heavy atom. The van der Waals surface area contributed by atoms with Crippen LogP contribution in [0.2, 0.25) is 0 Å². The van der Waals surface area contributed by atoms with Gasteiger partial charge in [-0.05, 0) is 151 Å². The number of halogens is 1. The van der Waals surface area contributed by atoms with Gasteiger partial charge in [0.15, 0.2) is 11.9 Å². The van der Waals surface area contributed by atoms with E-state index in [1.54, 1.807) is 74.8 Å². The number of amides is 17. The van der Waals surface area contributed by atoms with Gasteiger partial charge in [-0.3, -0.25) is 102 Å². The number of rotatable bonds is 68. The molecule has 0 radical (unpaired) electrons. The zero-order valence-electron chi connectivity index (χ0n) is 80.4. The summed E-state index contributed by atoms with van der Waals surface area (Å²) in [6.07, 6.45) is 3.85. The first kappa shape index (κ1) is 120. The number of aliphatic hydroxyl groups is 2. The quantitative estimate of drug-likeness (QED) is 0.00977. The first-order chi connectivity index (χ1) is 68.4. The van der Waals surface area contributed by atoms with Crippen molar-refractivity contribution in [3.05, 3.63) is 107 Å². The van der Waals surface area contributed by atoms with Crippen LogP contribution in [0.25, 0.3) is 10.9 Å². The summed E-state index contributed by atoms with van der Waals surface area (Å²) in [5, 5.41) is 102. The highest BCUT2D eigenvalue weighted by Gasteiger charge is 2.40. The standard InChI is InChI=1S/C89H135BrN30O23S/c1-46(2)31-63(82(138)113-60(23-24-71(126)127)80(136)117-64(34-50-38-102-55-18-7-6-17-54(50)55)83(139)114-61(25-30-144-5)81(137)120-67(37-72(128)129)85(141)116-62(74(93)130)33-49-15-12-16-51(90)32-49)108-69(124)41-104-76(132)65(35-52-39-98-44-105-52)118-86(142)68(43-121)109-70(125)42-103-75(131)56(19-8-10-26-91)110-77(133)58(21-13-28-100-88(94)95)111-78(134)59(22-14-29-101-89(96)97)112-84(140)66(36-53-40-99-45-106-53)119-79(135)57(20-9-11-27-92)115-87(143)73(47(3)122)107-48(4)123/h6-7,12,15-18,32,38-40,44-47,56-68,73,102,121-122H,8-11,13-14,19-31,33-37,41-43,91-92H2,1-5H3,(H2,93,130)(H,98,105)(H,99,106)(H,103,131)(H,104,132)(H,107,123)(H,108,124)(H,109,125)(H,110,133)(H,111,134)(H,112,140)(H,113,138)(H,114,139)(H,115,143)(H,116,141)(H,117,136)(H,118,142)(H,119,135)(H,120,137)(H,126,127)(H,128,129)(H4,94,95,100)(H4,96,97,101)/t47-,56+,57+,58+,59+,60+,61+,62+,63+,64-,65+,66+,67+,68+,73+/m1/s1. The minimum Gasteiger partial charge on any atom is -0.481 e. The van der Waals surface area contributed by atoms with Crippen molar-refractivity contribution in [3.8, 4) is 0 Å². The monoisotopic (exact) mass is 2100 g/mol. The van der Waals surface area contributed by atoms with E-state index >= 15 is 0 Å². The summed E-state index contributed by atoms with van der Waals surface area (Å²) in [6, 6.07) is -8.82. The van der Waals surface area contributed by atoms with E-state index in [1.165, 1.54) is 43.7 Å². The molecule has 0 spiro atoms. The number of primary amides is 1. The van der Waals surface area contributed by atoms with Crippen LogP contribution in [-0.4, -0.2) is 318 Å². The van der Waals surface area contributed by atoms with Crippen molar-refractivity contribution in [3.63, 3.8) is 0 Å². The molecule has 3 aromatic heterocycles. The van der Waals surface area contributed by atoms with E-state index in [0.717, 1.165) is 6.92 Å². The topological polar surface area (TPSA) is 873 Å². The van der Waals surface area contributed by atoms with Gasteiger partial charge in [0.1, 0.15) is 84.6 Å². The van der Waals surface area contributed by atoms with Crippen molar-refractivity contribution in [2.75, 3.05) is 57.9 Å². The third-order valence-corrected chi connectivity index (χ3v) is 23.2. The fraction of sp³-hybridized carbons (Fsp3) is 0.539. The van der Waals surface area contributed by atoms with Crippen molar-refractivity contribution >= 4 is 163 Å². The van der Waals surface area contributed by atoms with Gasteiger partial charge in [0.2, 0.25) is 100 Å². The summed E-state index contributed by atoms with van der Waals surface area (Å²) in [7, 11) is 0. The van der Waals surface area contributed by atoms with Crippen LogP contribution >= 0.6 is 27.7 Å². The van der Waals surface area contributed by atoms with Crippen molar-refractivity contribution in [1.82, 2.24) is 121 Å². The van der Waals surface area contributed by atoms with Crippen LogP contribution in [0.3, 0.4) is 0 Å². The first-order valence-electron chi connectivity index (χ1n) is 46.5. The van der Waals surface area contributed by atoms with Gasteiger partial charge < -0.3 is 160 Å². The number of para-hydroxylation sites is 1. The summed E-state index contributed by atoms with van der Waals surface area (Å²) in [4.78, 5) is 281. The molecular weight excluding hydrogens is 1970 g/mol. The Morgan fingerprint density at radius 3 is 1.31 bits per heavy atom. The minimum atomic E-state index is -1.87. The summed E-state index contributed by atoms with van der Waals surface area (Å²) in [6.45, 7) is 2.98. The number of benzene rings is 2. The average Bonchev–Trinajstić information content (AvgIpc) is 1.67. The molecule has 15 atom stereocenters. The van der Waals surface area contributed by atoms with Gasteiger partial charge in [-0.1, -0.05) is 60.1 Å². The smallest absolute Gasteiger partial charge is 0.305 e. The van der Waals surface area contributed by atoms with E-state index in [9.17, 15) is 112 Å². The molecule has 2 aromatic carbocycles. The van der Waals surface area contributed by atoms with Gasteiger partial charge in [-0.2, -0.15) is 11.8 Å². The number of H-pyrrole nitrogens is 3. The molecule has 0 aliphatic rings.